The third-order valence-corrected chi connectivity index (χ3v) is 6.32. The number of hydrazine groups is 1. The molecule has 32 heavy (non-hydrogen) atoms. The summed E-state index contributed by atoms with van der Waals surface area (Å²) < 4.78 is 15.2. The predicted octanol–water partition coefficient (Wildman–Crippen LogP) is 2.18. The Morgan fingerprint density at radius 1 is 1.19 bits per heavy atom. The first-order chi connectivity index (χ1) is 15.4. The van der Waals surface area contributed by atoms with Gasteiger partial charge in [0.05, 0.1) is 18.6 Å². The molecule has 10 nitrogen and oxygen atoms in total. The van der Waals surface area contributed by atoms with Crippen LogP contribution in [0.2, 0.25) is 0 Å². The summed E-state index contributed by atoms with van der Waals surface area (Å²) in [5.41, 5.74) is 5.07. The van der Waals surface area contributed by atoms with Gasteiger partial charge in [-0.3, -0.25) is 15.6 Å². The number of amides is 2. The number of aromatic nitrogens is 2. The van der Waals surface area contributed by atoms with E-state index >= 15 is 4.39 Å². The van der Waals surface area contributed by atoms with E-state index in [2.05, 4.69) is 26.1 Å². The summed E-state index contributed by atoms with van der Waals surface area (Å²) in [7, 11) is 0. The zero-order valence-corrected chi connectivity index (χ0v) is 18.4. The molecule has 1 aromatic heterocycles. The summed E-state index contributed by atoms with van der Waals surface area (Å²) in [5, 5.41) is 20.9. The van der Waals surface area contributed by atoms with Gasteiger partial charge in [-0.15, -0.1) is 0 Å². The van der Waals surface area contributed by atoms with Crippen molar-refractivity contribution in [2.24, 2.45) is 11.8 Å². The van der Waals surface area contributed by atoms with E-state index in [4.69, 9.17) is 5.11 Å². The Bertz CT molecular complexity index is 805. The van der Waals surface area contributed by atoms with Crippen molar-refractivity contribution in [3.8, 4) is 0 Å². The Balaban J connectivity index is 1.70. The normalized spacial score (nSPS) is 20.1. The van der Waals surface area contributed by atoms with Crippen molar-refractivity contribution in [1.29, 1.82) is 0 Å². The molecule has 2 atom stereocenters. The van der Waals surface area contributed by atoms with Gasteiger partial charge in [0.15, 0.2) is 11.6 Å². The van der Waals surface area contributed by atoms with E-state index in [0.29, 0.717) is 24.7 Å². The second-order valence-corrected chi connectivity index (χ2v) is 8.67. The summed E-state index contributed by atoms with van der Waals surface area (Å²) in [6.07, 6.45) is 6.23. The zero-order chi connectivity index (χ0) is 23.1. The van der Waals surface area contributed by atoms with Crippen molar-refractivity contribution >= 4 is 23.6 Å². The van der Waals surface area contributed by atoms with Crippen molar-refractivity contribution in [2.45, 2.75) is 64.3 Å². The first kappa shape index (κ1) is 24.0. The van der Waals surface area contributed by atoms with Gasteiger partial charge in [0.2, 0.25) is 11.7 Å². The molecule has 1 aromatic rings. The average molecular weight is 453 g/mol. The van der Waals surface area contributed by atoms with E-state index in [1.54, 1.807) is 11.8 Å². The highest BCUT2D eigenvalue weighted by atomic mass is 19.1. The Morgan fingerprint density at radius 2 is 1.91 bits per heavy atom. The van der Waals surface area contributed by atoms with Crippen LogP contribution in [0.3, 0.4) is 0 Å². The molecular formula is C21H33FN6O4. The number of carbonyl (C=O) groups is 2. The lowest BCUT2D eigenvalue weighted by atomic mass is 9.92. The topological polar surface area (TPSA) is 140 Å². The standard InChI is InChI=1S/C21H33FN6O4/c1-13-24-18(17(22)19(25-13)28-9-5-4-8-16(28)12-29)26-27-20(30)15(11-23-21(31)32)10-14-6-2-3-7-14/h14-16,23,29H,2-12H2,1H3,(H,27,30)(H,31,32)(H,24,25,26)/t15-,16+/m1/s1. The summed E-state index contributed by atoms with van der Waals surface area (Å²) in [4.78, 5) is 33.8. The number of nitrogens with one attached hydrogen (secondary N) is 3. The fourth-order valence-corrected chi connectivity index (χ4v) is 4.65. The number of nitrogens with zero attached hydrogens (tertiary/aromatic N) is 3. The summed E-state index contributed by atoms with van der Waals surface area (Å²) in [6.45, 7) is 2.10. The lowest BCUT2D eigenvalue weighted by Gasteiger charge is -2.35. The molecule has 0 radical (unpaired) electrons. The van der Waals surface area contributed by atoms with Crippen LogP contribution >= 0.6 is 0 Å². The van der Waals surface area contributed by atoms with Crippen LogP contribution in [0.5, 0.6) is 0 Å². The molecule has 3 rings (SSSR count). The van der Waals surface area contributed by atoms with E-state index in [9.17, 15) is 14.7 Å². The van der Waals surface area contributed by atoms with Crippen LogP contribution in [-0.4, -0.2) is 57.9 Å². The van der Waals surface area contributed by atoms with Gasteiger partial charge < -0.3 is 20.4 Å². The van der Waals surface area contributed by atoms with E-state index in [1.807, 2.05) is 0 Å². The van der Waals surface area contributed by atoms with Gasteiger partial charge in [0.1, 0.15) is 5.82 Å². The van der Waals surface area contributed by atoms with Crippen LogP contribution in [-0.2, 0) is 4.79 Å². The highest BCUT2D eigenvalue weighted by Gasteiger charge is 2.29. The molecule has 2 aliphatic rings. The summed E-state index contributed by atoms with van der Waals surface area (Å²) in [6, 6.07) is -0.215. The van der Waals surface area contributed by atoms with Gasteiger partial charge in [-0.25, -0.2) is 14.8 Å². The van der Waals surface area contributed by atoms with Crippen LogP contribution in [0.25, 0.3) is 0 Å². The highest BCUT2D eigenvalue weighted by Crippen LogP contribution is 2.31. The van der Waals surface area contributed by atoms with Gasteiger partial charge in [-0.1, -0.05) is 25.7 Å². The number of aryl methyl sites for hydroxylation is 1. The SMILES string of the molecule is Cc1nc(NNC(=O)[C@@H](CNC(=O)O)CC2CCCC2)c(F)c(N2CCCC[C@H]2CO)n1. The molecule has 0 bridgehead atoms. The Hall–Kier alpha value is -2.69. The van der Waals surface area contributed by atoms with Crippen molar-refractivity contribution in [2.75, 3.05) is 30.0 Å². The number of aliphatic hydroxyl groups is 1. The molecule has 5 N–H and O–H groups in total. The number of hydrogen-bond acceptors (Lipinski definition) is 7. The van der Waals surface area contributed by atoms with Crippen LogP contribution in [0.15, 0.2) is 0 Å². The van der Waals surface area contributed by atoms with Gasteiger partial charge in [-0.2, -0.15) is 4.39 Å². The number of anilines is 2. The Morgan fingerprint density at radius 3 is 2.59 bits per heavy atom. The molecule has 1 aliphatic heterocycles. The lowest BCUT2D eigenvalue weighted by Crippen LogP contribution is -2.44. The quantitative estimate of drug-likeness (QED) is 0.359. The molecule has 0 aromatic carbocycles. The van der Waals surface area contributed by atoms with Gasteiger partial charge in [0, 0.05) is 13.1 Å². The molecule has 1 aliphatic carbocycles. The van der Waals surface area contributed by atoms with E-state index in [-0.39, 0.29) is 30.8 Å². The van der Waals surface area contributed by atoms with Gasteiger partial charge in [-0.05, 0) is 38.5 Å². The number of carboxylic acid groups (broad SMARTS) is 1. The number of piperidine rings is 1. The van der Waals surface area contributed by atoms with E-state index in [1.165, 1.54) is 0 Å². The third kappa shape index (κ3) is 6.18. The first-order valence-electron chi connectivity index (χ1n) is 11.3. The number of rotatable bonds is 9. The van der Waals surface area contributed by atoms with Crippen LogP contribution in [0.1, 0.15) is 57.2 Å². The molecule has 1 saturated carbocycles. The lowest BCUT2D eigenvalue weighted by molar-refractivity contribution is -0.124. The molecule has 2 amide bonds. The Kier molecular flexibility index (Phi) is 8.43. The van der Waals surface area contributed by atoms with Gasteiger partial charge >= 0.3 is 6.09 Å². The maximum absolute atomic E-state index is 15.2. The number of carbonyl (C=O) groups excluding carboxylic acids is 1. The first-order valence-corrected chi connectivity index (χ1v) is 11.3. The largest absolute Gasteiger partial charge is 0.465 e. The number of aliphatic hydroxyl groups excluding tert-OH is 1. The maximum atomic E-state index is 15.2. The molecule has 0 unspecified atom stereocenters. The molecule has 178 valence electrons. The molecule has 0 spiro atoms. The average Bonchev–Trinajstić information content (AvgIpc) is 3.29. The van der Waals surface area contributed by atoms with Crippen LogP contribution in [0, 0.1) is 24.6 Å². The predicted molar refractivity (Wildman–Crippen MR) is 117 cm³/mol. The zero-order valence-electron chi connectivity index (χ0n) is 18.4. The van der Waals surface area contributed by atoms with E-state index < -0.39 is 23.7 Å². The molecule has 2 heterocycles. The van der Waals surface area contributed by atoms with Crippen molar-refractivity contribution < 1.29 is 24.2 Å². The Labute approximate surface area is 187 Å². The smallest absolute Gasteiger partial charge is 0.404 e. The third-order valence-electron chi connectivity index (χ3n) is 6.32. The minimum absolute atomic E-state index is 0.0121. The number of hydrogen-bond donors (Lipinski definition) is 5. The minimum atomic E-state index is -1.19. The fourth-order valence-electron chi connectivity index (χ4n) is 4.65. The second kappa shape index (κ2) is 11.3. The van der Waals surface area contributed by atoms with Gasteiger partial charge in [0.25, 0.3) is 0 Å². The monoisotopic (exact) mass is 452 g/mol. The number of halogens is 1. The molecule has 11 heteroatoms. The summed E-state index contributed by atoms with van der Waals surface area (Å²) >= 11 is 0. The second-order valence-electron chi connectivity index (χ2n) is 8.67. The van der Waals surface area contributed by atoms with Crippen molar-refractivity contribution in [1.82, 2.24) is 20.7 Å². The minimum Gasteiger partial charge on any atom is -0.465 e. The van der Waals surface area contributed by atoms with Crippen LogP contribution < -0.4 is 21.1 Å². The molecular weight excluding hydrogens is 419 g/mol. The van der Waals surface area contributed by atoms with Crippen molar-refractivity contribution in [3.05, 3.63) is 11.6 Å². The van der Waals surface area contributed by atoms with Crippen molar-refractivity contribution in [3.63, 3.8) is 0 Å². The van der Waals surface area contributed by atoms with E-state index in [0.717, 1.165) is 44.9 Å². The summed E-state index contributed by atoms with van der Waals surface area (Å²) in [5.74, 6) is -1.05. The van der Waals surface area contributed by atoms with Crippen LogP contribution in [0.4, 0.5) is 20.8 Å². The fraction of sp³-hybridized carbons (Fsp3) is 0.714. The molecule has 1 saturated heterocycles. The molecule has 2 fully saturated rings. The highest BCUT2D eigenvalue weighted by molar-refractivity contribution is 5.80. The maximum Gasteiger partial charge on any atom is 0.404 e.